The fourth-order valence-corrected chi connectivity index (χ4v) is 10.7. The van der Waals surface area contributed by atoms with E-state index < -0.39 is 0 Å². The van der Waals surface area contributed by atoms with Crippen LogP contribution in [0.1, 0.15) is 69.9 Å². The molecule has 0 spiro atoms. The summed E-state index contributed by atoms with van der Waals surface area (Å²) in [6.07, 6.45) is 6.50. The SMILES string of the molecule is CC(C)(C)c1ccc(-c2ccccc2)c(N(c2cccc(-c3cccc4sc5ccccc5c34)c2)c2ccccc2-c2cccc3cccc(C4CCCCC4)c23)c1. The number of thiophene rings is 1. The minimum atomic E-state index is -0.0445. The average Bonchev–Trinajstić information content (AvgIpc) is 3.66. The van der Waals surface area contributed by atoms with Gasteiger partial charge in [-0.3, -0.25) is 0 Å². The van der Waals surface area contributed by atoms with Gasteiger partial charge in [0, 0.05) is 37.0 Å². The molecular weight excluding hydrogens is 719 g/mol. The Kier molecular flexibility index (Phi) is 9.46. The van der Waals surface area contributed by atoms with E-state index >= 15 is 0 Å². The Hall–Kier alpha value is -5.96. The highest BCUT2D eigenvalue weighted by molar-refractivity contribution is 7.25. The number of hydrogen-bond acceptors (Lipinski definition) is 2. The van der Waals surface area contributed by atoms with Crippen LogP contribution in [0.5, 0.6) is 0 Å². The van der Waals surface area contributed by atoms with Gasteiger partial charge in [0.25, 0.3) is 0 Å². The predicted octanol–water partition coefficient (Wildman–Crippen LogP) is 17.0. The van der Waals surface area contributed by atoms with Crippen molar-refractivity contribution < 1.29 is 0 Å². The summed E-state index contributed by atoms with van der Waals surface area (Å²) in [5.41, 5.74) is 13.7. The van der Waals surface area contributed by atoms with E-state index in [4.69, 9.17) is 0 Å². The van der Waals surface area contributed by atoms with Crippen molar-refractivity contribution in [2.45, 2.75) is 64.2 Å². The van der Waals surface area contributed by atoms with E-state index in [0.29, 0.717) is 5.92 Å². The van der Waals surface area contributed by atoms with E-state index in [1.807, 2.05) is 11.3 Å². The maximum absolute atomic E-state index is 2.56. The molecule has 0 atom stereocenters. The van der Waals surface area contributed by atoms with Gasteiger partial charge in [0.1, 0.15) is 0 Å². The molecule has 58 heavy (non-hydrogen) atoms. The molecule has 1 fully saturated rings. The largest absolute Gasteiger partial charge is 0.309 e. The number of hydrogen-bond donors (Lipinski definition) is 0. The molecule has 0 bridgehead atoms. The van der Waals surface area contributed by atoms with Crippen LogP contribution in [-0.2, 0) is 5.41 Å². The maximum atomic E-state index is 2.56. The molecule has 0 aliphatic heterocycles. The number of benzene rings is 8. The Morgan fingerprint density at radius 1 is 0.483 bits per heavy atom. The quantitative estimate of drug-likeness (QED) is 0.156. The lowest BCUT2D eigenvalue weighted by Crippen LogP contribution is -2.16. The van der Waals surface area contributed by atoms with Gasteiger partial charge < -0.3 is 4.90 Å². The topological polar surface area (TPSA) is 3.24 Å². The Labute approximate surface area is 347 Å². The standard InChI is InChI=1S/C56H49NS/c1-56(2,3)42-34-35-44(38-18-6-4-7-19-38)51(37-42)57(43-25-14-24-41(36-43)46-29-17-33-53-55(46)49-27-11-13-32-52(49)58-53)50-31-12-10-26-47(50)48-30-16-23-40-22-15-28-45(54(40)48)39-20-8-5-9-21-39/h4,6-7,10-19,22-37,39H,5,8-9,20-21H2,1-3H3. The van der Waals surface area contributed by atoms with Gasteiger partial charge in [0.2, 0.25) is 0 Å². The van der Waals surface area contributed by atoms with Crippen LogP contribution in [0.25, 0.3) is 64.3 Å². The molecule has 1 aliphatic carbocycles. The van der Waals surface area contributed by atoms with Gasteiger partial charge in [-0.2, -0.15) is 0 Å². The second kappa shape index (κ2) is 15.1. The third-order valence-corrected chi connectivity index (χ3v) is 13.6. The molecule has 1 aliphatic rings. The summed E-state index contributed by atoms with van der Waals surface area (Å²) in [4.78, 5) is 2.56. The monoisotopic (exact) mass is 767 g/mol. The van der Waals surface area contributed by atoms with Crippen molar-refractivity contribution in [3.63, 3.8) is 0 Å². The van der Waals surface area contributed by atoms with Crippen molar-refractivity contribution >= 4 is 59.3 Å². The lowest BCUT2D eigenvalue weighted by molar-refractivity contribution is 0.445. The van der Waals surface area contributed by atoms with Gasteiger partial charge in [-0.25, -0.2) is 0 Å². The van der Waals surface area contributed by atoms with E-state index in [1.54, 1.807) is 0 Å². The van der Waals surface area contributed by atoms with E-state index in [1.165, 1.54) is 119 Å². The Balaban J connectivity index is 1.26. The third kappa shape index (κ3) is 6.60. The van der Waals surface area contributed by atoms with Crippen molar-refractivity contribution in [3.05, 3.63) is 187 Å². The molecule has 0 N–H and O–H groups in total. The fraction of sp³-hybridized carbons (Fsp3) is 0.179. The molecule has 284 valence electrons. The lowest BCUT2D eigenvalue weighted by atomic mass is 9.80. The molecule has 0 amide bonds. The highest BCUT2D eigenvalue weighted by Gasteiger charge is 2.26. The first-order chi connectivity index (χ1) is 28.4. The summed E-state index contributed by atoms with van der Waals surface area (Å²) in [6.45, 7) is 6.96. The van der Waals surface area contributed by atoms with Crippen LogP contribution in [0, 0.1) is 0 Å². The summed E-state index contributed by atoms with van der Waals surface area (Å²) in [5.74, 6) is 0.586. The highest BCUT2D eigenvalue weighted by atomic mass is 32.1. The van der Waals surface area contributed by atoms with Gasteiger partial charge >= 0.3 is 0 Å². The molecule has 0 radical (unpaired) electrons. The highest BCUT2D eigenvalue weighted by Crippen LogP contribution is 2.49. The lowest BCUT2D eigenvalue weighted by Gasteiger charge is -2.32. The zero-order valence-electron chi connectivity index (χ0n) is 33.7. The number of fused-ring (bicyclic) bond motifs is 4. The maximum Gasteiger partial charge on any atom is 0.0543 e. The van der Waals surface area contributed by atoms with Crippen LogP contribution in [0.15, 0.2) is 176 Å². The molecule has 1 saturated carbocycles. The Morgan fingerprint density at radius 2 is 1.16 bits per heavy atom. The van der Waals surface area contributed by atoms with Gasteiger partial charge in [-0.15, -0.1) is 11.3 Å². The predicted molar refractivity (Wildman–Crippen MR) is 252 cm³/mol. The van der Waals surface area contributed by atoms with Crippen LogP contribution in [0.2, 0.25) is 0 Å². The Morgan fingerprint density at radius 3 is 2.00 bits per heavy atom. The normalized spacial score (nSPS) is 13.7. The molecule has 0 saturated heterocycles. The minimum absolute atomic E-state index is 0.0445. The summed E-state index contributed by atoms with van der Waals surface area (Å²) < 4.78 is 2.64. The molecule has 10 rings (SSSR count). The smallest absolute Gasteiger partial charge is 0.0543 e. The second-order valence-corrected chi connectivity index (χ2v) is 18.2. The van der Waals surface area contributed by atoms with Crippen molar-refractivity contribution in [2.75, 3.05) is 4.90 Å². The summed E-state index contributed by atoms with van der Waals surface area (Å²) >= 11 is 1.88. The van der Waals surface area contributed by atoms with E-state index in [-0.39, 0.29) is 5.41 Å². The molecule has 2 heteroatoms. The number of para-hydroxylation sites is 1. The molecule has 1 aromatic heterocycles. The van der Waals surface area contributed by atoms with Gasteiger partial charge in [0.05, 0.1) is 11.4 Å². The first-order valence-electron chi connectivity index (χ1n) is 21.0. The van der Waals surface area contributed by atoms with Gasteiger partial charge in [-0.1, -0.05) is 180 Å². The Bertz CT molecular complexity index is 2920. The van der Waals surface area contributed by atoms with E-state index in [9.17, 15) is 0 Å². The molecule has 1 nitrogen and oxygen atoms in total. The second-order valence-electron chi connectivity index (χ2n) is 17.1. The summed E-state index contributed by atoms with van der Waals surface area (Å²) in [7, 11) is 0. The van der Waals surface area contributed by atoms with Crippen LogP contribution >= 0.6 is 11.3 Å². The van der Waals surface area contributed by atoms with Crippen LogP contribution in [0.3, 0.4) is 0 Å². The molecule has 1 heterocycles. The average molecular weight is 768 g/mol. The van der Waals surface area contributed by atoms with Crippen LogP contribution < -0.4 is 4.90 Å². The molecule has 0 unspecified atom stereocenters. The first kappa shape index (κ1) is 36.4. The summed E-state index contributed by atoms with van der Waals surface area (Å²) in [6, 6.07) is 66.1. The number of rotatable bonds is 7. The number of nitrogens with zero attached hydrogens (tertiary/aromatic N) is 1. The molecule has 8 aromatic carbocycles. The summed E-state index contributed by atoms with van der Waals surface area (Å²) in [5, 5.41) is 5.37. The van der Waals surface area contributed by atoms with Crippen molar-refractivity contribution in [3.8, 4) is 33.4 Å². The fourth-order valence-electron chi connectivity index (χ4n) is 9.53. The first-order valence-corrected chi connectivity index (χ1v) is 21.9. The van der Waals surface area contributed by atoms with Gasteiger partial charge in [-0.05, 0) is 105 Å². The van der Waals surface area contributed by atoms with Crippen molar-refractivity contribution in [1.29, 1.82) is 0 Å². The van der Waals surface area contributed by atoms with Crippen molar-refractivity contribution in [1.82, 2.24) is 0 Å². The zero-order chi connectivity index (χ0) is 39.2. The number of anilines is 3. The zero-order valence-corrected chi connectivity index (χ0v) is 34.5. The van der Waals surface area contributed by atoms with E-state index in [2.05, 4.69) is 202 Å². The minimum Gasteiger partial charge on any atom is -0.309 e. The third-order valence-electron chi connectivity index (χ3n) is 12.4. The van der Waals surface area contributed by atoms with E-state index in [0.717, 1.165) is 5.69 Å². The van der Waals surface area contributed by atoms with Gasteiger partial charge in [0.15, 0.2) is 0 Å². The van der Waals surface area contributed by atoms with Crippen LogP contribution in [-0.4, -0.2) is 0 Å². The molecule has 9 aromatic rings. The van der Waals surface area contributed by atoms with Crippen molar-refractivity contribution in [2.24, 2.45) is 0 Å². The molecular formula is C56H49NS. The van der Waals surface area contributed by atoms with Crippen LogP contribution in [0.4, 0.5) is 17.1 Å².